The normalized spacial score (nSPS) is 9.93. The largest absolute Gasteiger partial charge is 0.490 e. The summed E-state index contributed by atoms with van der Waals surface area (Å²) < 4.78 is 17.9. The van der Waals surface area contributed by atoms with Crippen molar-refractivity contribution in [3.05, 3.63) is 33.6 Å². The minimum Gasteiger partial charge on any atom is -0.490 e. The number of nitro groups is 1. The van der Waals surface area contributed by atoms with Gasteiger partial charge in [-0.1, -0.05) is 15.9 Å². The van der Waals surface area contributed by atoms with Gasteiger partial charge in [-0.3, -0.25) is 10.1 Å². The quantitative estimate of drug-likeness (QED) is 0.479. The number of hydrogen-bond donors (Lipinski definition) is 0. The summed E-state index contributed by atoms with van der Waals surface area (Å²) >= 11 is 3.04. The van der Waals surface area contributed by atoms with Gasteiger partial charge in [-0.2, -0.15) is 0 Å². The predicted molar refractivity (Wildman–Crippen MR) is 52.2 cm³/mol. The molecular formula is C8H7BrFNO3. The van der Waals surface area contributed by atoms with E-state index in [1.165, 1.54) is 7.11 Å². The topological polar surface area (TPSA) is 52.4 Å². The number of halogens is 2. The third kappa shape index (κ3) is 1.84. The van der Waals surface area contributed by atoms with Crippen LogP contribution in [0.1, 0.15) is 5.56 Å². The molecular weight excluding hydrogens is 257 g/mol. The van der Waals surface area contributed by atoms with Gasteiger partial charge in [-0.25, -0.2) is 4.39 Å². The van der Waals surface area contributed by atoms with Crippen LogP contribution >= 0.6 is 15.9 Å². The third-order valence-electron chi connectivity index (χ3n) is 1.72. The van der Waals surface area contributed by atoms with Crippen LogP contribution in [0, 0.1) is 15.9 Å². The first-order valence-corrected chi connectivity index (χ1v) is 4.79. The molecule has 0 aliphatic heterocycles. The van der Waals surface area contributed by atoms with Gasteiger partial charge in [0.25, 0.3) is 0 Å². The standard InChI is InChI=1S/C8H7BrFNO3/c1-14-8-5(4-9)6(10)2-3-7(8)11(12)13/h2-3H,4H2,1H3. The van der Waals surface area contributed by atoms with Crippen LogP contribution in [0.25, 0.3) is 0 Å². The monoisotopic (exact) mass is 263 g/mol. The van der Waals surface area contributed by atoms with E-state index in [9.17, 15) is 14.5 Å². The maximum atomic E-state index is 13.1. The van der Waals surface area contributed by atoms with Gasteiger partial charge in [0.15, 0.2) is 0 Å². The molecule has 0 aromatic heterocycles. The second-order valence-corrected chi connectivity index (χ2v) is 3.03. The first-order chi connectivity index (χ1) is 6.61. The molecule has 0 saturated heterocycles. The number of rotatable bonds is 3. The van der Waals surface area contributed by atoms with E-state index in [1.54, 1.807) is 0 Å². The Kier molecular flexibility index (Phi) is 3.40. The maximum absolute atomic E-state index is 13.1. The minimum atomic E-state index is -0.607. The summed E-state index contributed by atoms with van der Waals surface area (Å²) in [5, 5.41) is 10.7. The highest BCUT2D eigenvalue weighted by atomic mass is 79.9. The van der Waals surface area contributed by atoms with Gasteiger partial charge < -0.3 is 4.74 Å². The van der Waals surface area contributed by atoms with Crippen molar-refractivity contribution in [1.82, 2.24) is 0 Å². The highest BCUT2D eigenvalue weighted by Gasteiger charge is 2.20. The number of methoxy groups -OCH3 is 1. The summed E-state index contributed by atoms with van der Waals surface area (Å²) in [4.78, 5) is 9.94. The second kappa shape index (κ2) is 4.36. The Hall–Kier alpha value is -1.17. The van der Waals surface area contributed by atoms with Crippen LogP contribution < -0.4 is 4.74 Å². The van der Waals surface area contributed by atoms with Gasteiger partial charge in [0.2, 0.25) is 5.75 Å². The van der Waals surface area contributed by atoms with Crippen molar-refractivity contribution >= 4 is 21.6 Å². The van der Waals surface area contributed by atoms with Gasteiger partial charge >= 0.3 is 5.69 Å². The van der Waals surface area contributed by atoms with Crippen molar-refractivity contribution < 1.29 is 14.1 Å². The molecule has 6 heteroatoms. The van der Waals surface area contributed by atoms with Crippen molar-refractivity contribution in [3.63, 3.8) is 0 Å². The summed E-state index contributed by atoms with van der Waals surface area (Å²) in [5.74, 6) is -0.559. The van der Waals surface area contributed by atoms with Crippen LogP contribution in [0.15, 0.2) is 12.1 Å². The fraction of sp³-hybridized carbons (Fsp3) is 0.250. The zero-order valence-corrected chi connectivity index (χ0v) is 8.88. The van der Waals surface area contributed by atoms with E-state index < -0.39 is 10.7 Å². The van der Waals surface area contributed by atoms with Crippen LogP contribution in [-0.2, 0) is 5.33 Å². The molecule has 0 atom stereocenters. The van der Waals surface area contributed by atoms with Crippen molar-refractivity contribution in [2.75, 3.05) is 7.11 Å². The number of hydrogen-bond acceptors (Lipinski definition) is 3. The molecule has 0 saturated carbocycles. The van der Waals surface area contributed by atoms with E-state index in [4.69, 9.17) is 4.74 Å². The molecule has 0 aliphatic rings. The van der Waals surface area contributed by atoms with E-state index in [1.807, 2.05) is 0 Å². The molecule has 0 bridgehead atoms. The van der Waals surface area contributed by atoms with Crippen LogP contribution in [-0.4, -0.2) is 12.0 Å². The van der Waals surface area contributed by atoms with Crippen molar-refractivity contribution in [1.29, 1.82) is 0 Å². The first kappa shape index (κ1) is 10.9. The lowest BCUT2D eigenvalue weighted by Crippen LogP contribution is -1.99. The Bertz CT molecular complexity index is 370. The van der Waals surface area contributed by atoms with E-state index in [-0.39, 0.29) is 22.3 Å². The van der Waals surface area contributed by atoms with Gasteiger partial charge in [-0.05, 0) is 6.07 Å². The number of alkyl halides is 1. The average Bonchev–Trinajstić information content (AvgIpc) is 2.16. The second-order valence-electron chi connectivity index (χ2n) is 2.47. The lowest BCUT2D eigenvalue weighted by molar-refractivity contribution is -0.385. The highest BCUT2D eigenvalue weighted by molar-refractivity contribution is 9.08. The molecule has 0 heterocycles. The molecule has 0 unspecified atom stereocenters. The maximum Gasteiger partial charge on any atom is 0.311 e. The lowest BCUT2D eigenvalue weighted by Gasteiger charge is -2.06. The van der Waals surface area contributed by atoms with Gasteiger partial charge in [0.05, 0.1) is 12.0 Å². The molecule has 14 heavy (non-hydrogen) atoms. The number of benzene rings is 1. The van der Waals surface area contributed by atoms with Gasteiger partial charge in [0, 0.05) is 17.0 Å². The van der Waals surface area contributed by atoms with E-state index in [0.29, 0.717) is 0 Å². The summed E-state index contributed by atoms with van der Waals surface area (Å²) in [5.41, 5.74) is -0.0787. The van der Waals surface area contributed by atoms with Crippen LogP contribution in [0.3, 0.4) is 0 Å². The molecule has 1 aromatic rings. The van der Waals surface area contributed by atoms with Crippen molar-refractivity contribution in [2.24, 2.45) is 0 Å². The summed E-state index contributed by atoms with van der Waals surface area (Å²) in [6.07, 6.45) is 0. The smallest absolute Gasteiger partial charge is 0.311 e. The zero-order chi connectivity index (χ0) is 10.7. The molecule has 0 radical (unpaired) electrons. The van der Waals surface area contributed by atoms with E-state index in [0.717, 1.165) is 12.1 Å². The number of ether oxygens (including phenoxy) is 1. The van der Waals surface area contributed by atoms with E-state index in [2.05, 4.69) is 15.9 Å². The SMILES string of the molecule is COc1c([N+](=O)[O-])ccc(F)c1CBr. The fourth-order valence-electron chi connectivity index (χ4n) is 1.09. The van der Waals surface area contributed by atoms with Gasteiger partial charge in [0.1, 0.15) is 5.82 Å². The van der Waals surface area contributed by atoms with Crippen molar-refractivity contribution in [3.8, 4) is 5.75 Å². The molecule has 1 rings (SSSR count). The summed E-state index contributed by atoms with van der Waals surface area (Å²) in [6.45, 7) is 0. The summed E-state index contributed by atoms with van der Waals surface area (Å²) in [7, 11) is 1.27. The Morgan fingerprint density at radius 1 is 1.64 bits per heavy atom. The predicted octanol–water partition coefficient (Wildman–Crippen LogP) is 2.64. The van der Waals surface area contributed by atoms with Crippen LogP contribution in [0.5, 0.6) is 5.75 Å². The van der Waals surface area contributed by atoms with E-state index >= 15 is 0 Å². The molecule has 76 valence electrons. The van der Waals surface area contributed by atoms with Gasteiger partial charge in [-0.15, -0.1) is 0 Å². The Morgan fingerprint density at radius 3 is 2.71 bits per heavy atom. The van der Waals surface area contributed by atoms with Crippen molar-refractivity contribution in [2.45, 2.75) is 5.33 Å². The fourth-order valence-corrected chi connectivity index (χ4v) is 1.61. The molecule has 4 nitrogen and oxygen atoms in total. The van der Waals surface area contributed by atoms with Crippen LogP contribution in [0.4, 0.5) is 10.1 Å². The molecule has 0 aliphatic carbocycles. The van der Waals surface area contributed by atoms with Crippen LogP contribution in [0.2, 0.25) is 0 Å². The number of nitro benzene ring substituents is 1. The molecule has 0 N–H and O–H groups in total. The molecule has 0 amide bonds. The third-order valence-corrected chi connectivity index (χ3v) is 2.28. The molecule has 1 aromatic carbocycles. The Balaban J connectivity index is 3.40. The molecule has 0 spiro atoms. The lowest BCUT2D eigenvalue weighted by atomic mass is 10.2. The zero-order valence-electron chi connectivity index (χ0n) is 7.29. The highest BCUT2D eigenvalue weighted by Crippen LogP contribution is 2.33. The Labute approximate surface area is 88.0 Å². The first-order valence-electron chi connectivity index (χ1n) is 3.67. The number of nitrogens with zero attached hydrogens (tertiary/aromatic N) is 1. The Morgan fingerprint density at radius 2 is 2.29 bits per heavy atom. The summed E-state index contributed by atoms with van der Waals surface area (Å²) in [6, 6.07) is 2.14. The molecule has 0 fully saturated rings. The average molecular weight is 264 g/mol. The minimum absolute atomic E-state index is 0.0353.